The highest BCUT2D eigenvalue weighted by molar-refractivity contribution is 6.10. The maximum Gasteiger partial charge on any atom is 0.262 e. The molecule has 1 aliphatic heterocycles. The maximum atomic E-state index is 12.7. The molecule has 1 amide bonds. The Labute approximate surface area is 138 Å². The molecule has 3 aromatic heterocycles. The summed E-state index contributed by atoms with van der Waals surface area (Å²) >= 11 is 0. The number of hydrogen-bond acceptors (Lipinski definition) is 5. The molecule has 0 fully saturated rings. The molecule has 7 nitrogen and oxygen atoms in total. The molecule has 7 heteroatoms. The highest BCUT2D eigenvalue weighted by atomic mass is 16.5. The van der Waals surface area contributed by atoms with Gasteiger partial charge in [-0.3, -0.25) is 24.8 Å². The van der Waals surface area contributed by atoms with Gasteiger partial charge in [0, 0.05) is 24.0 Å². The second-order valence-electron chi connectivity index (χ2n) is 5.58. The van der Waals surface area contributed by atoms with E-state index in [1.165, 1.54) is 0 Å². The van der Waals surface area contributed by atoms with Gasteiger partial charge in [-0.2, -0.15) is 5.10 Å². The van der Waals surface area contributed by atoms with Crippen molar-refractivity contribution in [3.63, 3.8) is 0 Å². The molecule has 120 valence electrons. The van der Waals surface area contributed by atoms with Gasteiger partial charge in [0.1, 0.15) is 5.75 Å². The third kappa shape index (κ3) is 2.21. The van der Waals surface area contributed by atoms with Crippen LogP contribution in [0.15, 0.2) is 36.8 Å². The highest BCUT2D eigenvalue weighted by Crippen LogP contribution is 2.31. The number of carbonyl (C=O) groups excluding carboxylic acids is 1. The van der Waals surface area contributed by atoms with Crippen molar-refractivity contribution in [3.05, 3.63) is 53.6 Å². The van der Waals surface area contributed by atoms with Gasteiger partial charge in [0.2, 0.25) is 0 Å². The van der Waals surface area contributed by atoms with E-state index in [4.69, 9.17) is 4.74 Å². The number of pyridine rings is 2. The molecule has 1 aliphatic rings. The van der Waals surface area contributed by atoms with Crippen LogP contribution in [-0.2, 0) is 6.54 Å². The van der Waals surface area contributed by atoms with E-state index in [9.17, 15) is 4.79 Å². The van der Waals surface area contributed by atoms with E-state index in [1.807, 2.05) is 19.1 Å². The first-order valence-corrected chi connectivity index (χ1v) is 7.49. The number of nitrogens with one attached hydrogen (secondary N) is 1. The second-order valence-corrected chi connectivity index (χ2v) is 5.58. The molecule has 24 heavy (non-hydrogen) atoms. The average Bonchev–Trinajstić information content (AvgIpc) is 3.23. The predicted molar refractivity (Wildman–Crippen MR) is 87.9 cm³/mol. The van der Waals surface area contributed by atoms with Crippen LogP contribution in [0.25, 0.3) is 11.3 Å². The number of rotatable bonds is 3. The van der Waals surface area contributed by atoms with Gasteiger partial charge in [-0.05, 0) is 24.6 Å². The number of ether oxygens (including phenoxy) is 1. The van der Waals surface area contributed by atoms with Crippen LogP contribution in [0.3, 0.4) is 0 Å². The number of aromatic amines is 1. The summed E-state index contributed by atoms with van der Waals surface area (Å²) in [6.07, 6.45) is 5.07. The third-order valence-corrected chi connectivity index (χ3v) is 4.07. The molecule has 0 aromatic carbocycles. The van der Waals surface area contributed by atoms with Crippen molar-refractivity contribution in [2.75, 3.05) is 12.0 Å². The fraction of sp³-hybridized carbons (Fsp3) is 0.176. The average molecular weight is 321 g/mol. The van der Waals surface area contributed by atoms with Gasteiger partial charge in [0.15, 0.2) is 5.82 Å². The van der Waals surface area contributed by atoms with Crippen LogP contribution in [0.1, 0.15) is 21.6 Å². The minimum absolute atomic E-state index is 0.0718. The summed E-state index contributed by atoms with van der Waals surface area (Å²) in [5.74, 6) is 1.20. The molecule has 0 bridgehead atoms. The summed E-state index contributed by atoms with van der Waals surface area (Å²) in [6, 6.07) is 5.55. The minimum atomic E-state index is -0.0718. The van der Waals surface area contributed by atoms with Gasteiger partial charge < -0.3 is 4.74 Å². The van der Waals surface area contributed by atoms with Crippen LogP contribution in [-0.4, -0.2) is 33.2 Å². The van der Waals surface area contributed by atoms with Crippen molar-refractivity contribution in [3.8, 4) is 17.0 Å². The summed E-state index contributed by atoms with van der Waals surface area (Å²) in [4.78, 5) is 23.1. The van der Waals surface area contributed by atoms with Crippen LogP contribution >= 0.6 is 0 Å². The number of aromatic nitrogens is 4. The lowest BCUT2D eigenvalue weighted by molar-refractivity contribution is 0.0995. The van der Waals surface area contributed by atoms with Gasteiger partial charge in [-0.1, -0.05) is 0 Å². The first-order chi connectivity index (χ1) is 11.7. The van der Waals surface area contributed by atoms with Crippen molar-refractivity contribution < 1.29 is 9.53 Å². The molecule has 0 radical (unpaired) electrons. The van der Waals surface area contributed by atoms with Crippen molar-refractivity contribution in [1.82, 2.24) is 20.2 Å². The molecule has 4 heterocycles. The molecule has 0 unspecified atom stereocenters. The monoisotopic (exact) mass is 321 g/mol. The number of fused-ring (bicyclic) bond motifs is 1. The summed E-state index contributed by atoms with van der Waals surface area (Å²) in [5.41, 5.74) is 3.92. The summed E-state index contributed by atoms with van der Waals surface area (Å²) in [6.45, 7) is 2.33. The van der Waals surface area contributed by atoms with E-state index >= 15 is 0 Å². The van der Waals surface area contributed by atoms with Gasteiger partial charge in [0.25, 0.3) is 5.91 Å². The zero-order valence-electron chi connectivity index (χ0n) is 13.3. The molecule has 0 atom stereocenters. The number of aryl methyl sites for hydroxylation is 1. The number of anilines is 1. The molecular formula is C17H15N5O2. The molecule has 3 aromatic rings. The fourth-order valence-corrected chi connectivity index (χ4v) is 2.91. The minimum Gasteiger partial charge on any atom is -0.495 e. The van der Waals surface area contributed by atoms with E-state index in [-0.39, 0.29) is 5.91 Å². The Morgan fingerprint density at radius 3 is 2.92 bits per heavy atom. The Hall–Kier alpha value is -3.22. The quantitative estimate of drug-likeness (QED) is 0.800. The molecule has 0 saturated heterocycles. The largest absolute Gasteiger partial charge is 0.495 e. The number of methoxy groups -OCH3 is 1. The Morgan fingerprint density at radius 2 is 2.17 bits per heavy atom. The molecule has 4 rings (SSSR count). The Balaban J connectivity index is 1.77. The van der Waals surface area contributed by atoms with Crippen LogP contribution in [0.5, 0.6) is 5.75 Å². The fourth-order valence-electron chi connectivity index (χ4n) is 2.91. The van der Waals surface area contributed by atoms with Gasteiger partial charge >= 0.3 is 0 Å². The summed E-state index contributed by atoms with van der Waals surface area (Å²) < 4.78 is 5.22. The maximum absolute atomic E-state index is 12.7. The molecule has 0 spiro atoms. The van der Waals surface area contributed by atoms with Gasteiger partial charge in [0.05, 0.1) is 36.8 Å². The van der Waals surface area contributed by atoms with Gasteiger partial charge in [-0.25, -0.2) is 0 Å². The molecule has 1 N–H and O–H groups in total. The topological polar surface area (TPSA) is 84.0 Å². The van der Waals surface area contributed by atoms with Crippen molar-refractivity contribution in [2.45, 2.75) is 13.5 Å². The van der Waals surface area contributed by atoms with Crippen molar-refractivity contribution in [1.29, 1.82) is 0 Å². The number of carbonyl (C=O) groups is 1. The van der Waals surface area contributed by atoms with Crippen molar-refractivity contribution in [2.24, 2.45) is 0 Å². The molecular weight excluding hydrogens is 306 g/mol. The van der Waals surface area contributed by atoms with E-state index in [1.54, 1.807) is 36.7 Å². The lowest BCUT2D eigenvalue weighted by Gasteiger charge is -2.10. The SMILES string of the molecule is COc1cncc(-c2cc(C)c3c(n2)CN(c2cc[nH]n2)C3=O)c1. The van der Waals surface area contributed by atoms with Gasteiger partial charge in [-0.15, -0.1) is 0 Å². The predicted octanol–water partition coefficient (Wildman–Crippen LogP) is 2.34. The first kappa shape index (κ1) is 14.4. The third-order valence-electron chi connectivity index (χ3n) is 4.07. The molecule has 0 saturated carbocycles. The standard InChI is InChI=1S/C17H15N5O2/c1-10-5-13(11-6-12(24-2)8-18-7-11)20-14-9-22(17(23)16(10)14)15-3-4-19-21-15/h3-8H,9H2,1-2H3,(H,19,21). The van der Waals surface area contributed by atoms with Crippen LogP contribution in [0.4, 0.5) is 5.82 Å². The van der Waals surface area contributed by atoms with Crippen LogP contribution < -0.4 is 9.64 Å². The lowest BCUT2D eigenvalue weighted by Crippen LogP contribution is -2.23. The smallest absolute Gasteiger partial charge is 0.262 e. The summed E-state index contributed by atoms with van der Waals surface area (Å²) in [7, 11) is 1.60. The van der Waals surface area contributed by atoms with Crippen LogP contribution in [0.2, 0.25) is 0 Å². The van der Waals surface area contributed by atoms with E-state index in [0.717, 1.165) is 22.5 Å². The highest BCUT2D eigenvalue weighted by Gasteiger charge is 2.32. The number of amides is 1. The molecule has 0 aliphatic carbocycles. The first-order valence-electron chi connectivity index (χ1n) is 7.49. The van der Waals surface area contributed by atoms with Crippen LogP contribution in [0, 0.1) is 6.92 Å². The Kier molecular flexibility index (Phi) is 3.26. The van der Waals surface area contributed by atoms with Crippen molar-refractivity contribution >= 4 is 11.7 Å². The lowest BCUT2D eigenvalue weighted by atomic mass is 10.1. The van der Waals surface area contributed by atoms with E-state index < -0.39 is 0 Å². The Morgan fingerprint density at radius 1 is 1.29 bits per heavy atom. The zero-order valence-corrected chi connectivity index (χ0v) is 13.3. The number of nitrogens with zero attached hydrogens (tertiary/aromatic N) is 4. The normalized spacial score (nSPS) is 13.2. The number of hydrogen-bond donors (Lipinski definition) is 1. The Bertz CT molecular complexity index is 921. The zero-order chi connectivity index (χ0) is 16.7. The van der Waals surface area contributed by atoms with E-state index in [2.05, 4.69) is 20.2 Å². The number of H-pyrrole nitrogens is 1. The van der Waals surface area contributed by atoms with E-state index in [0.29, 0.717) is 23.7 Å². The summed E-state index contributed by atoms with van der Waals surface area (Å²) in [5, 5.41) is 6.82. The second kappa shape index (κ2) is 5.45.